The van der Waals surface area contributed by atoms with Gasteiger partial charge in [-0.05, 0) is 0 Å². The van der Waals surface area contributed by atoms with Crippen LogP contribution in [0.4, 0.5) is 13.2 Å². The summed E-state index contributed by atoms with van der Waals surface area (Å²) in [5.74, 6) is -1.86. The van der Waals surface area contributed by atoms with Gasteiger partial charge in [0.25, 0.3) is 0 Å². The molecule has 1 fully saturated rings. The highest BCUT2D eigenvalue weighted by Gasteiger charge is 2.40. The molecule has 0 amide bonds. The van der Waals surface area contributed by atoms with Gasteiger partial charge in [-0.3, -0.25) is 4.90 Å². The van der Waals surface area contributed by atoms with Gasteiger partial charge in [0.15, 0.2) is 5.92 Å². The summed E-state index contributed by atoms with van der Waals surface area (Å²) in [4.78, 5) is 1.66. The van der Waals surface area contributed by atoms with Gasteiger partial charge < -0.3 is 5.32 Å². The lowest BCUT2D eigenvalue weighted by Gasteiger charge is -2.29. The predicted molar refractivity (Wildman–Crippen MR) is 44.5 cm³/mol. The molecule has 1 atom stereocenters. The summed E-state index contributed by atoms with van der Waals surface area (Å²) in [5, 5.41) is 11.4. The maximum atomic E-state index is 12.2. The summed E-state index contributed by atoms with van der Waals surface area (Å²) in [6, 6.07) is 1.30. The van der Waals surface area contributed by atoms with Crippen LogP contribution in [-0.2, 0) is 0 Å². The Kier molecular flexibility index (Phi) is 3.72. The normalized spacial score (nSPS) is 21.6. The van der Waals surface area contributed by atoms with E-state index in [9.17, 15) is 13.2 Å². The highest BCUT2D eigenvalue weighted by Crippen LogP contribution is 2.26. The van der Waals surface area contributed by atoms with E-state index >= 15 is 0 Å². The van der Waals surface area contributed by atoms with Crippen LogP contribution in [0.1, 0.15) is 0 Å². The van der Waals surface area contributed by atoms with E-state index in [2.05, 4.69) is 5.32 Å². The minimum absolute atomic E-state index is 0.207. The average molecular weight is 207 g/mol. The van der Waals surface area contributed by atoms with Crippen molar-refractivity contribution < 1.29 is 13.2 Å². The lowest BCUT2D eigenvalue weighted by molar-refractivity contribution is -0.163. The van der Waals surface area contributed by atoms with Crippen LogP contribution in [0.15, 0.2) is 0 Å². The standard InChI is InChI=1S/C8H12F3N3/c9-8(10,11)7(5-12)6-14-3-1-13-2-4-14/h7,13H,1-4,6H2. The molecule has 0 bridgehead atoms. The number of halogens is 3. The lowest BCUT2D eigenvalue weighted by atomic mass is 10.1. The lowest BCUT2D eigenvalue weighted by Crippen LogP contribution is -2.47. The molecule has 0 aromatic rings. The first kappa shape index (κ1) is 11.3. The minimum Gasteiger partial charge on any atom is -0.314 e. The molecule has 1 heterocycles. The van der Waals surface area contributed by atoms with Crippen LogP contribution in [0.2, 0.25) is 0 Å². The van der Waals surface area contributed by atoms with Gasteiger partial charge in [-0.15, -0.1) is 0 Å². The molecule has 0 radical (unpaired) electrons. The Morgan fingerprint density at radius 2 is 1.93 bits per heavy atom. The Morgan fingerprint density at radius 3 is 2.36 bits per heavy atom. The molecule has 3 nitrogen and oxygen atoms in total. The largest absolute Gasteiger partial charge is 0.405 e. The molecule has 0 saturated carbocycles. The number of hydrogen-bond donors (Lipinski definition) is 1. The second kappa shape index (κ2) is 4.62. The van der Waals surface area contributed by atoms with Gasteiger partial charge in [-0.2, -0.15) is 18.4 Å². The molecule has 1 aliphatic heterocycles. The topological polar surface area (TPSA) is 39.1 Å². The van der Waals surface area contributed by atoms with Crippen molar-refractivity contribution in [1.29, 1.82) is 5.26 Å². The molecule has 1 N–H and O–H groups in total. The summed E-state index contributed by atoms with van der Waals surface area (Å²) >= 11 is 0. The summed E-state index contributed by atoms with van der Waals surface area (Å²) in [7, 11) is 0. The smallest absolute Gasteiger partial charge is 0.314 e. The van der Waals surface area contributed by atoms with Crippen molar-refractivity contribution in [2.24, 2.45) is 5.92 Å². The van der Waals surface area contributed by atoms with Gasteiger partial charge in [-0.25, -0.2) is 0 Å². The maximum Gasteiger partial charge on any atom is 0.405 e. The van der Waals surface area contributed by atoms with Gasteiger partial charge in [0.05, 0.1) is 6.07 Å². The van der Waals surface area contributed by atoms with Gasteiger partial charge in [-0.1, -0.05) is 0 Å². The van der Waals surface area contributed by atoms with Crippen molar-refractivity contribution in [2.75, 3.05) is 32.7 Å². The Morgan fingerprint density at radius 1 is 1.36 bits per heavy atom. The summed E-state index contributed by atoms with van der Waals surface area (Å²) in [5.41, 5.74) is 0. The van der Waals surface area contributed by atoms with Crippen LogP contribution < -0.4 is 5.32 Å². The van der Waals surface area contributed by atoms with Crippen LogP contribution in [-0.4, -0.2) is 43.8 Å². The van der Waals surface area contributed by atoms with Gasteiger partial charge >= 0.3 is 6.18 Å². The fourth-order valence-electron chi connectivity index (χ4n) is 1.37. The molecule has 1 saturated heterocycles. The second-order valence-corrected chi connectivity index (χ2v) is 3.27. The third-order valence-electron chi connectivity index (χ3n) is 2.20. The fourth-order valence-corrected chi connectivity index (χ4v) is 1.37. The summed E-state index contributed by atoms with van der Waals surface area (Å²) in [6.07, 6.45) is -4.40. The Hall–Kier alpha value is -0.800. The van der Waals surface area contributed by atoms with E-state index in [4.69, 9.17) is 5.26 Å². The molecule has 6 heteroatoms. The monoisotopic (exact) mass is 207 g/mol. The minimum atomic E-state index is -4.40. The Balaban J connectivity index is 2.44. The molecule has 80 valence electrons. The third-order valence-corrected chi connectivity index (χ3v) is 2.20. The van der Waals surface area contributed by atoms with E-state index in [1.807, 2.05) is 0 Å². The van der Waals surface area contributed by atoms with Crippen molar-refractivity contribution in [3.8, 4) is 6.07 Å². The number of rotatable bonds is 2. The highest BCUT2D eigenvalue weighted by atomic mass is 19.4. The Labute approximate surface area is 80.5 Å². The molecule has 1 aliphatic rings. The summed E-state index contributed by atoms with van der Waals surface area (Å²) < 4.78 is 36.6. The molecular weight excluding hydrogens is 195 g/mol. The van der Waals surface area contributed by atoms with E-state index in [0.29, 0.717) is 26.2 Å². The van der Waals surface area contributed by atoms with Crippen molar-refractivity contribution >= 4 is 0 Å². The van der Waals surface area contributed by atoms with Gasteiger partial charge in [0.2, 0.25) is 0 Å². The van der Waals surface area contributed by atoms with Gasteiger partial charge in [0.1, 0.15) is 0 Å². The van der Waals surface area contributed by atoms with Crippen LogP contribution in [0.25, 0.3) is 0 Å². The first-order chi connectivity index (χ1) is 6.54. The number of piperazine rings is 1. The van der Waals surface area contributed by atoms with Crippen LogP contribution in [0.5, 0.6) is 0 Å². The first-order valence-electron chi connectivity index (χ1n) is 4.43. The molecule has 0 aromatic heterocycles. The molecule has 0 aromatic carbocycles. The first-order valence-corrected chi connectivity index (χ1v) is 4.43. The molecule has 1 rings (SSSR count). The molecular formula is C8H12F3N3. The molecule has 14 heavy (non-hydrogen) atoms. The number of alkyl halides is 3. The SMILES string of the molecule is N#CC(CN1CCNCC1)C(F)(F)F. The van der Waals surface area contributed by atoms with E-state index in [1.165, 1.54) is 6.07 Å². The second-order valence-electron chi connectivity index (χ2n) is 3.27. The van der Waals surface area contributed by atoms with E-state index in [1.54, 1.807) is 4.90 Å². The quantitative estimate of drug-likeness (QED) is 0.720. The number of nitrogens with zero attached hydrogens (tertiary/aromatic N) is 2. The maximum absolute atomic E-state index is 12.2. The van der Waals surface area contributed by atoms with Crippen molar-refractivity contribution in [1.82, 2.24) is 10.2 Å². The fraction of sp³-hybridized carbons (Fsp3) is 0.875. The van der Waals surface area contributed by atoms with Crippen molar-refractivity contribution in [3.05, 3.63) is 0 Å². The van der Waals surface area contributed by atoms with Crippen LogP contribution in [0, 0.1) is 17.2 Å². The molecule has 1 unspecified atom stereocenters. The van der Waals surface area contributed by atoms with Crippen LogP contribution in [0.3, 0.4) is 0 Å². The zero-order valence-corrected chi connectivity index (χ0v) is 7.64. The number of hydrogen-bond acceptors (Lipinski definition) is 3. The van der Waals surface area contributed by atoms with E-state index < -0.39 is 12.1 Å². The molecule has 0 spiro atoms. The molecule has 0 aliphatic carbocycles. The predicted octanol–water partition coefficient (Wildman–Crippen LogP) is 0.594. The number of nitriles is 1. The average Bonchev–Trinajstić information content (AvgIpc) is 2.14. The zero-order chi connectivity index (χ0) is 10.6. The van der Waals surface area contributed by atoms with Crippen molar-refractivity contribution in [2.45, 2.75) is 6.18 Å². The van der Waals surface area contributed by atoms with E-state index in [-0.39, 0.29) is 6.54 Å². The Bertz CT molecular complexity index is 215. The van der Waals surface area contributed by atoms with Crippen molar-refractivity contribution in [3.63, 3.8) is 0 Å². The number of nitrogens with one attached hydrogen (secondary N) is 1. The van der Waals surface area contributed by atoms with Crippen LogP contribution >= 0.6 is 0 Å². The highest BCUT2D eigenvalue weighted by molar-refractivity contribution is 4.91. The third kappa shape index (κ3) is 3.16. The van der Waals surface area contributed by atoms with Gasteiger partial charge in [0, 0.05) is 32.7 Å². The summed E-state index contributed by atoms with van der Waals surface area (Å²) in [6.45, 7) is 2.33. The zero-order valence-electron chi connectivity index (χ0n) is 7.64. The van der Waals surface area contributed by atoms with E-state index in [0.717, 1.165) is 0 Å².